The number of benzene rings is 1. The fourth-order valence-electron chi connectivity index (χ4n) is 1.26. The van der Waals surface area contributed by atoms with Crippen LogP contribution in [0.5, 0.6) is 5.88 Å². The molecule has 0 saturated heterocycles. The highest BCUT2D eigenvalue weighted by Gasteiger charge is 2.01. The molecule has 0 aliphatic carbocycles. The number of nitrogens with zero attached hydrogens (tertiary/aromatic N) is 2. The lowest BCUT2D eigenvalue weighted by atomic mass is 10.3. The van der Waals surface area contributed by atoms with Crippen molar-refractivity contribution in [1.29, 1.82) is 0 Å². The van der Waals surface area contributed by atoms with E-state index in [1.165, 1.54) is 17.9 Å². The van der Waals surface area contributed by atoms with Gasteiger partial charge < -0.3 is 4.74 Å². The molecule has 1 aromatic heterocycles. The molecule has 0 saturated carbocycles. The third-order valence-electron chi connectivity index (χ3n) is 1.99. The van der Waals surface area contributed by atoms with Crippen molar-refractivity contribution >= 4 is 0 Å². The number of aromatic nitrogens is 2. The Kier molecular flexibility index (Phi) is 2.49. The zero-order valence-corrected chi connectivity index (χ0v) is 8.25. The Morgan fingerprint density at radius 2 is 1.87 bits per heavy atom. The molecule has 0 N–H and O–H groups in total. The minimum absolute atomic E-state index is 0.179. The molecule has 0 atom stereocenters. The van der Waals surface area contributed by atoms with E-state index in [0.29, 0.717) is 5.88 Å². The molecule has 76 valence electrons. The number of hydrogen-bond acceptors (Lipinski definition) is 3. The third-order valence-corrected chi connectivity index (χ3v) is 1.99. The van der Waals surface area contributed by atoms with E-state index in [4.69, 9.17) is 4.74 Å². The maximum atomic E-state index is 11.5. The Labute approximate surface area is 86.7 Å². The first kappa shape index (κ1) is 9.45. The lowest BCUT2D eigenvalue weighted by Gasteiger charge is -2.05. The van der Waals surface area contributed by atoms with E-state index in [1.54, 1.807) is 6.07 Å². The lowest BCUT2D eigenvalue weighted by molar-refractivity contribution is 0.386. The maximum absolute atomic E-state index is 11.5. The summed E-state index contributed by atoms with van der Waals surface area (Å²) in [6.07, 6.45) is 0. The van der Waals surface area contributed by atoms with Crippen LogP contribution >= 0.6 is 0 Å². The minimum Gasteiger partial charge on any atom is -0.480 e. The lowest BCUT2D eigenvalue weighted by Crippen LogP contribution is -2.20. The first-order valence-electron chi connectivity index (χ1n) is 4.51. The van der Waals surface area contributed by atoms with E-state index in [0.717, 1.165) is 5.69 Å². The molecule has 0 aliphatic rings. The molecule has 15 heavy (non-hydrogen) atoms. The van der Waals surface area contributed by atoms with Gasteiger partial charge in [0.2, 0.25) is 5.88 Å². The van der Waals surface area contributed by atoms with Crippen molar-refractivity contribution in [3.63, 3.8) is 0 Å². The number of methoxy groups -OCH3 is 1. The zero-order chi connectivity index (χ0) is 10.7. The molecule has 0 radical (unpaired) electrons. The first-order valence-corrected chi connectivity index (χ1v) is 4.51. The summed E-state index contributed by atoms with van der Waals surface area (Å²) in [6, 6.07) is 12.2. The van der Waals surface area contributed by atoms with Gasteiger partial charge in [-0.05, 0) is 12.1 Å². The Morgan fingerprint density at radius 3 is 2.53 bits per heavy atom. The van der Waals surface area contributed by atoms with E-state index >= 15 is 0 Å². The summed E-state index contributed by atoms with van der Waals surface area (Å²) in [5, 5.41) is 4.04. The van der Waals surface area contributed by atoms with E-state index < -0.39 is 0 Å². The normalized spacial score (nSPS) is 9.93. The maximum Gasteiger partial charge on any atom is 0.271 e. The van der Waals surface area contributed by atoms with Gasteiger partial charge in [0.15, 0.2) is 0 Å². The number of ether oxygens (including phenoxy) is 1. The third kappa shape index (κ3) is 1.88. The highest BCUT2D eigenvalue weighted by molar-refractivity contribution is 5.30. The van der Waals surface area contributed by atoms with E-state index in [-0.39, 0.29) is 5.56 Å². The number of para-hydroxylation sites is 1. The van der Waals surface area contributed by atoms with Crippen LogP contribution in [-0.2, 0) is 0 Å². The highest BCUT2D eigenvalue weighted by atomic mass is 16.5. The van der Waals surface area contributed by atoms with Crippen molar-refractivity contribution in [2.24, 2.45) is 0 Å². The van der Waals surface area contributed by atoms with Crippen molar-refractivity contribution in [3.8, 4) is 11.6 Å². The molecule has 0 bridgehead atoms. The SMILES string of the molecule is COc1ccc(=O)n(-c2ccccc2)n1. The monoisotopic (exact) mass is 202 g/mol. The quantitative estimate of drug-likeness (QED) is 0.736. The van der Waals surface area contributed by atoms with E-state index in [9.17, 15) is 4.79 Å². The Balaban J connectivity index is 2.57. The predicted octanol–water partition coefficient (Wildman–Crippen LogP) is 1.24. The van der Waals surface area contributed by atoms with Crippen LogP contribution in [0.3, 0.4) is 0 Å². The molecule has 2 aromatic rings. The van der Waals surface area contributed by atoms with Gasteiger partial charge in [-0.15, -0.1) is 5.10 Å². The summed E-state index contributed by atoms with van der Waals surface area (Å²) >= 11 is 0. The molecule has 0 unspecified atom stereocenters. The second-order valence-corrected chi connectivity index (χ2v) is 2.96. The van der Waals surface area contributed by atoms with Gasteiger partial charge in [-0.2, -0.15) is 4.68 Å². The molecule has 0 amide bonds. The number of rotatable bonds is 2. The summed E-state index contributed by atoms with van der Waals surface area (Å²) in [4.78, 5) is 11.5. The van der Waals surface area contributed by atoms with Crippen molar-refractivity contribution in [2.75, 3.05) is 7.11 Å². The largest absolute Gasteiger partial charge is 0.480 e. The zero-order valence-electron chi connectivity index (χ0n) is 8.25. The van der Waals surface area contributed by atoms with Crippen LogP contribution < -0.4 is 10.3 Å². The Hall–Kier alpha value is -2.10. The van der Waals surface area contributed by atoms with Gasteiger partial charge in [0.1, 0.15) is 0 Å². The van der Waals surface area contributed by atoms with Gasteiger partial charge >= 0.3 is 0 Å². The summed E-state index contributed by atoms with van der Waals surface area (Å²) in [7, 11) is 1.52. The fourth-order valence-corrected chi connectivity index (χ4v) is 1.26. The van der Waals surface area contributed by atoms with Crippen LogP contribution in [0.15, 0.2) is 47.3 Å². The summed E-state index contributed by atoms with van der Waals surface area (Å²) in [6.45, 7) is 0. The van der Waals surface area contributed by atoms with Gasteiger partial charge in [-0.25, -0.2) is 0 Å². The van der Waals surface area contributed by atoms with Crippen molar-refractivity contribution in [1.82, 2.24) is 9.78 Å². The molecule has 2 rings (SSSR count). The van der Waals surface area contributed by atoms with Crippen LogP contribution in [-0.4, -0.2) is 16.9 Å². The standard InChI is InChI=1S/C11H10N2O2/c1-15-10-7-8-11(14)13(12-10)9-5-3-2-4-6-9/h2-8H,1H3. The van der Waals surface area contributed by atoms with E-state index in [2.05, 4.69) is 5.10 Å². The predicted molar refractivity (Wildman–Crippen MR) is 56.4 cm³/mol. The molecule has 1 heterocycles. The molecule has 0 aliphatic heterocycles. The molecular weight excluding hydrogens is 192 g/mol. The van der Waals surface area contributed by atoms with Gasteiger partial charge in [0, 0.05) is 12.1 Å². The van der Waals surface area contributed by atoms with Crippen LogP contribution in [0.4, 0.5) is 0 Å². The molecule has 0 fully saturated rings. The fraction of sp³-hybridized carbons (Fsp3) is 0.0909. The summed E-state index contributed by atoms with van der Waals surface area (Å²) in [5.74, 6) is 0.415. The molecule has 1 aromatic carbocycles. The second kappa shape index (κ2) is 3.96. The smallest absolute Gasteiger partial charge is 0.271 e. The molecule has 4 nitrogen and oxygen atoms in total. The van der Waals surface area contributed by atoms with Crippen molar-refractivity contribution in [3.05, 3.63) is 52.8 Å². The second-order valence-electron chi connectivity index (χ2n) is 2.96. The molecular formula is C11H10N2O2. The van der Waals surface area contributed by atoms with Crippen molar-refractivity contribution in [2.45, 2.75) is 0 Å². The Bertz CT molecular complexity index is 505. The van der Waals surface area contributed by atoms with Crippen LogP contribution in [0.1, 0.15) is 0 Å². The van der Waals surface area contributed by atoms with Crippen molar-refractivity contribution < 1.29 is 4.74 Å². The first-order chi connectivity index (χ1) is 7.31. The van der Waals surface area contributed by atoms with E-state index in [1.807, 2.05) is 30.3 Å². The van der Waals surface area contributed by atoms with Gasteiger partial charge in [0.05, 0.1) is 12.8 Å². The van der Waals surface area contributed by atoms with Gasteiger partial charge in [0.25, 0.3) is 5.56 Å². The average molecular weight is 202 g/mol. The molecule has 4 heteroatoms. The highest BCUT2D eigenvalue weighted by Crippen LogP contribution is 2.05. The van der Waals surface area contributed by atoms with Gasteiger partial charge in [-0.1, -0.05) is 18.2 Å². The van der Waals surface area contributed by atoms with Crippen LogP contribution in [0.25, 0.3) is 5.69 Å². The summed E-state index contributed by atoms with van der Waals surface area (Å²) in [5.41, 5.74) is 0.545. The molecule has 0 spiro atoms. The number of hydrogen-bond donors (Lipinski definition) is 0. The van der Waals surface area contributed by atoms with Gasteiger partial charge in [-0.3, -0.25) is 4.79 Å². The summed E-state index contributed by atoms with van der Waals surface area (Å²) < 4.78 is 6.26. The average Bonchev–Trinajstić information content (AvgIpc) is 2.31. The van der Waals surface area contributed by atoms with Crippen LogP contribution in [0, 0.1) is 0 Å². The van der Waals surface area contributed by atoms with Crippen LogP contribution in [0.2, 0.25) is 0 Å². The topological polar surface area (TPSA) is 44.1 Å². The Morgan fingerprint density at radius 1 is 1.13 bits per heavy atom. The minimum atomic E-state index is -0.179.